The average molecular weight is 256 g/mol. The molecule has 1 atom stereocenters. The normalized spacial score (nSPS) is 13.6. The largest absolute Gasteiger partial charge is 0.393 e. The molecule has 0 aliphatic rings. The lowest BCUT2D eigenvalue weighted by molar-refractivity contribution is -0.132. The molecule has 0 radical (unpaired) electrons. The van der Waals surface area contributed by atoms with E-state index in [0.29, 0.717) is 6.42 Å². The van der Waals surface area contributed by atoms with Crippen molar-refractivity contribution < 1.29 is 23.1 Å². The average Bonchev–Trinajstić information content (AvgIpc) is 2.15. The lowest BCUT2D eigenvalue weighted by atomic mass is 10.0. The number of carbonyl (C=O) groups is 1. The SMILES string of the molecule is CC(C)C(O)CCNC(=O)NCCC(F)(F)F. The van der Waals surface area contributed by atoms with Crippen LogP contribution in [0.25, 0.3) is 0 Å². The quantitative estimate of drug-likeness (QED) is 0.676. The summed E-state index contributed by atoms with van der Waals surface area (Å²) in [4.78, 5) is 11.0. The molecule has 1 unspecified atom stereocenters. The highest BCUT2D eigenvalue weighted by atomic mass is 19.4. The Kier molecular flexibility index (Phi) is 6.94. The molecule has 0 rings (SSSR count). The predicted molar refractivity (Wildman–Crippen MR) is 57.5 cm³/mol. The van der Waals surface area contributed by atoms with Crippen molar-refractivity contribution in [3.63, 3.8) is 0 Å². The molecule has 0 aliphatic heterocycles. The Morgan fingerprint density at radius 1 is 1.24 bits per heavy atom. The fourth-order valence-electron chi connectivity index (χ4n) is 1.05. The summed E-state index contributed by atoms with van der Waals surface area (Å²) in [5.41, 5.74) is 0. The Labute approximate surface area is 98.6 Å². The van der Waals surface area contributed by atoms with E-state index in [9.17, 15) is 23.1 Å². The zero-order valence-corrected chi connectivity index (χ0v) is 9.97. The number of carbonyl (C=O) groups excluding carboxylic acids is 1. The number of hydrogen-bond acceptors (Lipinski definition) is 2. The van der Waals surface area contributed by atoms with Crippen molar-refractivity contribution in [2.75, 3.05) is 13.1 Å². The third kappa shape index (κ3) is 9.92. The van der Waals surface area contributed by atoms with E-state index < -0.39 is 31.3 Å². The number of aliphatic hydroxyl groups is 1. The number of rotatable bonds is 6. The number of aliphatic hydroxyl groups excluding tert-OH is 1. The van der Waals surface area contributed by atoms with E-state index in [1.165, 1.54) is 0 Å². The first-order valence-corrected chi connectivity index (χ1v) is 5.49. The topological polar surface area (TPSA) is 61.4 Å². The van der Waals surface area contributed by atoms with Gasteiger partial charge in [0.2, 0.25) is 0 Å². The molecule has 0 aromatic rings. The fraction of sp³-hybridized carbons (Fsp3) is 0.900. The van der Waals surface area contributed by atoms with Crippen LogP contribution >= 0.6 is 0 Å². The van der Waals surface area contributed by atoms with E-state index >= 15 is 0 Å². The Hall–Kier alpha value is -0.980. The molecule has 17 heavy (non-hydrogen) atoms. The van der Waals surface area contributed by atoms with Gasteiger partial charge < -0.3 is 15.7 Å². The zero-order chi connectivity index (χ0) is 13.5. The van der Waals surface area contributed by atoms with Gasteiger partial charge in [-0.05, 0) is 12.3 Å². The van der Waals surface area contributed by atoms with Crippen LogP contribution in [0.15, 0.2) is 0 Å². The molecule has 0 bridgehead atoms. The predicted octanol–water partition coefficient (Wildman–Crippen LogP) is 1.65. The van der Waals surface area contributed by atoms with Crippen molar-refractivity contribution in [2.24, 2.45) is 5.92 Å². The van der Waals surface area contributed by atoms with Gasteiger partial charge in [-0.15, -0.1) is 0 Å². The van der Waals surface area contributed by atoms with Gasteiger partial charge in [-0.25, -0.2) is 4.79 Å². The molecule has 0 fully saturated rings. The molecule has 0 aromatic heterocycles. The van der Waals surface area contributed by atoms with Crippen LogP contribution in [0.2, 0.25) is 0 Å². The summed E-state index contributed by atoms with van der Waals surface area (Å²) in [6.07, 6.45) is -5.45. The van der Waals surface area contributed by atoms with Crippen LogP contribution in [0.3, 0.4) is 0 Å². The van der Waals surface area contributed by atoms with Gasteiger partial charge in [0.05, 0.1) is 12.5 Å². The van der Waals surface area contributed by atoms with Crippen molar-refractivity contribution in [3.05, 3.63) is 0 Å². The van der Waals surface area contributed by atoms with Gasteiger partial charge in [-0.2, -0.15) is 13.2 Å². The smallest absolute Gasteiger partial charge is 0.390 e. The van der Waals surface area contributed by atoms with Crippen LogP contribution in [0.1, 0.15) is 26.7 Å². The molecule has 7 heteroatoms. The van der Waals surface area contributed by atoms with Gasteiger partial charge in [0, 0.05) is 13.1 Å². The summed E-state index contributed by atoms with van der Waals surface area (Å²) in [6.45, 7) is 3.47. The molecule has 4 nitrogen and oxygen atoms in total. The van der Waals surface area contributed by atoms with Gasteiger partial charge in [0.1, 0.15) is 0 Å². The highest BCUT2D eigenvalue weighted by molar-refractivity contribution is 5.73. The Morgan fingerprint density at radius 3 is 2.24 bits per heavy atom. The van der Waals surface area contributed by atoms with E-state index in [0.717, 1.165) is 0 Å². The summed E-state index contributed by atoms with van der Waals surface area (Å²) in [6, 6.07) is -0.648. The maximum Gasteiger partial charge on any atom is 0.390 e. The molecular weight excluding hydrogens is 237 g/mol. The molecule has 0 spiro atoms. The van der Waals surface area contributed by atoms with Crippen molar-refractivity contribution in [3.8, 4) is 0 Å². The second-order valence-corrected chi connectivity index (χ2v) is 4.15. The van der Waals surface area contributed by atoms with E-state index in [1.54, 1.807) is 0 Å². The van der Waals surface area contributed by atoms with Crippen molar-refractivity contribution in [1.29, 1.82) is 0 Å². The first-order valence-electron chi connectivity index (χ1n) is 5.49. The fourth-order valence-corrected chi connectivity index (χ4v) is 1.05. The lowest BCUT2D eigenvalue weighted by Gasteiger charge is -2.14. The molecule has 3 N–H and O–H groups in total. The Balaban J connectivity index is 3.54. The minimum Gasteiger partial charge on any atom is -0.393 e. The molecule has 0 aliphatic carbocycles. The Morgan fingerprint density at radius 2 is 1.76 bits per heavy atom. The van der Waals surface area contributed by atoms with E-state index in [4.69, 9.17) is 0 Å². The summed E-state index contributed by atoms with van der Waals surface area (Å²) in [5.74, 6) is 0.0880. The van der Waals surface area contributed by atoms with E-state index in [-0.39, 0.29) is 12.5 Å². The van der Waals surface area contributed by atoms with Gasteiger partial charge in [-0.3, -0.25) is 0 Å². The highest BCUT2D eigenvalue weighted by Gasteiger charge is 2.26. The third-order valence-electron chi connectivity index (χ3n) is 2.19. The minimum atomic E-state index is -4.26. The minimum absolute atomic E-state index is 0.0880. The van der Waals surface area contributed by atoms with Crippen LogP contribution in [-0.4, -0.2) is 36.5 Å². The molecule has 0 saturated carbocycles. The molecule has 0 heterocycles. The third-order valence-corrected chi connectivity index (χ3v) is 2.19. The monoisotopic (exact) mass is 256 g/mol. The number of alkyl halides is 3. The second-order valence-electron chi connectivity index (χ2n) is 4.15. The lowest BCUT2D eigenvalue weighted by Crippen LogP contribution is -2.38. The van der Waals surface area contributed by atoms with Crippen molar-refractivity contribution >= 4 is 6.03 Å². The van der Waals surface area contributed by atoms with E-state index in [2.05, 4.69) is 10.6 Å². The Bertz CT molecular complexity index is 232. The number of halogens is 3. The highest BCUT2D eigenvalue weighted by Crippen LogP contribution is 2.17. The van der Waals surface area contributed by atoms with E-state index in [1.807, 2.05) is 13.8 Å². The standard InChI is InChI=1S/C10H19F3N2O2/c1-7(2)8(16)3-5-14-9(17)15-6-4-10(11,12)13/h7-8,16H,3-6H2,1-2H3,(H2,14,15,17). The second kappa shape index (κ2) is 7.37. The van der Waals surface area contributed by atoms with Gasteiger partial charge in [0.25, 0.3) is 0 Å². The molecular formula is C10H19F3N2O2. The van der Waals surface area contributed by atoms with Gasteiger partial charge in [0.15, 0.2) is 0 Å². The molecule has 0 saturated heterocycles. The van der Waals surface area contributed by atoms with Crippen LogP contribution in [0, 0.1) is 5.92 Å². The zero-order valence-electron chi connectivity index (χ0n) is 9.97. The number of nitrogens with one attached hydrogen (secondary N) is 2. The number of urea groups is 1. The van der Waals surface area contributed by atoms with Crippen molar-refractivity contribution in [1.82, 2.24) is 10.6 Å². The maximum absolute atomic E-state index is 11.7. The number of amides is 2. The summed E-state index contributed by atoms with van der Waals surface area (Å²) in [7, 11) is 0. The number of hydrogen-bond donors (Lipinski definition) is 3. The molecule has 0 aromatic carbocycles. The molecule has 102 valence electrons. The first-order chi connectivity index (χ1) is 7.72. The van der Waals surface area contributed by atoms with Crippen LogP contribution in [0.4, 0.5) is 18.0 Å². The summed E-state index contributed by atoms with van der Waals surface area (Å²) >= 11 is 0. The summed E-state index contributed by atoms with van der Waals surface area (Å²) in [5, 5.41) is 13.9. The van der Waals surface area contributed by atoms with Gasteiger partial charge >= 0.3 is 12.2 Å². The van der Waals surface area contributed by atoms with Crippen LogP contribution < -0.4 is 10.6 Å². The van der Waals surface area contributed by atoms with Crippen molar-refractivity contribution in [2.45, 2.75) is 39.0 Å². The van der Waals surface area contributed by atoms with Crippen LogP contribution in [-0.2, 0) is 0 Å². The summed E-state index contributed by atoms with van der Waals surface area (Å²) < 4.78 is 35.2. The van der Waals surface area contributed by atoms with Gasteiger partial charge in [-0.1, -0.05) is 13.8 Å². The van der Waals surface area contributed by atoms with Crippen LogP contribution in [0.5, 0.6) is 0 Å². The first kappa shape index (κ1) is 16.0. The maximum atomic E-state index is 11.7. The molecule has 2 amide bonds.